The highest BCUT2D eigenvalue weighted by atomic mass is 15.7. The van der Waals surface area contributed by atoms with Gasteiger partial charge in [-0.1, -0.05) is 49.3 Å². The van der Waals surface area contributed by atoms with Crippen molar-refractivity contribution in [2.75, 3.05) is 14.1 Å². The summed E-state index contributed by atoms with van der Waals surface area (Å²) in [5, 5.41) is 6.72. The lowest BCUT2D eigenvalue weighted by molar-refractivity contribution is 0.273. The van der Waals surface area contributed by atoms with Crippen molar-refractivity contribution in [2.45, 2.75) is 57.4 Å². The van der Waals surface area contributed by atoms with Gasteiger partial charge >= 0.3 is 0 Å². The largest absolute Gasteiger partial charge is 0.198 e. The van der Waals surface area contributed by atoms with Crippen molar-refractivity contribution in [3.05, 3.63) is 12.2 Å². The molecule has 3 spiro atoms. The Morgan fingerprint density at radius 3 is 0.913 bits per heavy atom. The zero-order valence-corrected chi connectivity index (χ0v) is 11.7. The number of hydrogen-bond acceptors (Lipinski definition) is 2. The van der Waals surface area contributed by atoms with E-state index in [1.165, 1.54) is 51.8 Å². The lowest BCUT2D eigenvalue weighted by Gasteiger charge is -2.21. The van der Waals surface area contributed by atoms with E-state index in [0.717, 1.165) is 0 Å². The lowest BCUT2D eigenvalue weighted by atomic mass is 9.83. The van der Waals surface area contributed by atoms with Crippen LogP contribution in [0.4, 0.5) is 0 Å². The van der Waals surface area contributed by atoms with Gasteiger partial charge in [0.1, 0.15) is 0 Å². The number of rotatable bonds is 0. The van der Waals surface area contributed by atoms with Gasteiger partial charge in [0, 0.05) is 14.1 Å². The fourth-order valence-electron chi connectivity index (χ4n) is 5.48. The van der Waals surface area contributed by atoms with E-state index in [4.69, 9.17) is 0 Å². The predicted molar refractivity (Wildman–Crippen MR) is 104 cm³/mol. The molecule has 23 heavy (non-hydrogen) atoms. The summed E-state index contributed by atoms with van der Waals surface area (Å²) >= 11 is 0. The summed E-state index contributed by atoms with van der Waals surface area (Å²) in [5.74, 6) is 8.00. The Bertz CT molecular complexity index is 406. The molecule has 0 heterocycles. The molecule has 0 radical (unpaired) electrons. The smallest absolute Gasteiger partial charge is 0.0487 e. The van der Waals surface area contributed by atoms with Gasteiger partial charge < -0.3 is 0 Å². The summed E-state index contributed by atoms with van der Waals surface area (Å²) in [7, 11) is 3.28. The van der Waals surface area contributed by atoms with Crippen LogP contribution in [0.5, 0.6) is 0 Å². The first kappa shape index (κ1) is 22.3. The van der Waals surface area contributed by atoms with Gasteiger partial charge in [0.25, 0.3) is 0 Å². The maximum absolute atomic E-state index is 3.36. The first-order valence-electron chi connectivity index (χ1n) is 7.55. The highest BCUT2D eigenvalue weighted by molar-refractivity contribution is 6.08. The van der Waals surface area contributed by atoms with Crippen LogP contribution >= 0.6 is 0 Å². The third kappa shape index (κ3) is 1.61. The van der Waals surface area contributed by atoms with E-state index in [0.29, 0.717) is 0 Å². The Balaban J connectivity index is 0.000000265. The zero-order chi connectivity index (χ0) is 12.5. The Hall–Kier alpha value is -0.660. The first-order valence-corrected chi connectivity index (χ1v) is 7.55. The first-order chi connectivity index (χ1) is 8.79. The van der Waals surface area contributed by atoms with Crippen LogP contribution in [0.15, 0.2) is 22.4 Å². The third-order valence-electron chi connectivity index (χ3n) is 7.44. The summed E-state index contributed by atoms with van der Waals surface area (Å²) in [6, 6.07) is 0. The second-order valence-corrected chi connectivity index (χ2v) is 7.26. The molecule has 136 valence electrons. The highest BCUT2D eigenvalue weighted by Gasteiger charge is 3.63. The summed E-state index contributed by atoms with van der Waals surface area (Å²) in [6.45, 7) is 4.00. The van der Waals surface area contributed by atoms with Crippen LogP contribution in [0, 0.1) is 51.8 Å². The minimum absolute atomic E-state index is 0. The molecule has 0 N–H and O–H groups in total. The number of azo groups is 1. The number of allylic oxidation sites excluding steroid dienone is 2. The molecule has 11 aliphatic rings. The topological polar surface area (TPSA) is 24.7 Å². The van der Waals surface area contributed by atoms with E-state index in [2.05, 4.69) is 10.2 Å². The summed E-state index contributed by atoms with van der Waals surface area (Å²) in [5.41, 5.74) is 3.63. The maximum Gasteiger partial charge on any atom is 0.0487 e. The Kier molecular flexibility index (Phi) is 5.27. The van der Waals surface area contributed by atoms with E-state index in [1.54, 1.807) is 20.5 Å². The molecule has 11 fully saturated rings. The van der Waals surface area contributed by atoms with Crippen LogP contribution < -0.4 is 0 Å². The van der Waals surface area contributed by atoms with E-state index < -0.39 is 0 Å². The fourth-order valence-corrected chi connectivity index (χ4v) is 5.48. The molecule has 0 unspecified atom stereocenters. The minimum Gasteiger partial charge on any atom is -0.198 e. The average molecular weight is 323 g/mol. The standard InChI is InChI=1S/C5H2.C5H6.C4H8.C2H6N2.5CH4/c1-3-2-4(1,3)5(1,2)3;1-2-4-3(1)5(2)4;2*1-3-4-2;;;;;/h1-2H;2-5H,1H2;3-4H,1-2H3;1-2H3;5*1H4. The molecular weight excluding hydrogens is 280 g/mol. The van der Waals surface area contributed by atoms with Crippen molar-refractivity contribution < 1.29 is 0 Å². The van der Waals surface area contributed by atoms with Crippen LogP contribution in [-0.4, -0.2) is 14.1 Å². The van der Waals surface area contributed by atoms with Crippen molar-refractivity contribution in [3.8, 4) is 0 Å². The molecule has 2 nitrogen and oxygen atoms in total. The predicted octanol–water partition coefficient (Wildman–Crippen LogP) is 6.59. The monoisotopic (exact) mass is 322 g/mol. The molecule has 0 aliphatic heterocycles. The van der Waals surface area contributed by atoms with Crippen LogP contribution in [0.25, 0.3) is 0 Å². The molecule has 2 bridgehead atoms. The van der Waals surface area contributed by atoms with E-state index >= 15 is 0 Å². The van der Waals surface area contributed by atoms with Crippen molar-refractivity contribution in [3.63, 3.8) is 0 Å². The van der Waals surface area contributed by atoms with Crippen LogP contribution in [0.2, 0.25) is 0 Å². The van der Waals surface area contributed by atoms with Gasteiger partial charge in [-0.3, -0.25) is 0 Å². The minimum atomic E-state index is 0. The van der Waals surface area contributed by atoms with E-state index in [1.807, 2.05) is 26.0 Å². The van der Waals surface area contributed by atoms with E-state index in [9.17, 15) is 0 Å². The third-order valence-corrected chi connectivity index (χ3v) is 7.44. The molecule has 0 amide bonds. The molecule has 0 aromatic heterocycles. The van der Waals surface area contributed by atoms with Gasteiger partial charge in [0.05, 0.1) is 0 Å². The molecule has 11 saturated carbocycles. The Morgan fingerprint density at radius 2 is 0.913 bits per heavy atom. The lowest BCUT2D eigenvalue weighted by Crippen LogP contribution is -2.14. The normalized spacial score (nSPS) is 57.6. The molecule has 11 rings (SSSR count). The molecule has 0 aromatic carbocycles. The maximum atomic E-state index is 3.36. The van der Waals surface area contributed by atoms with Gasteiger partial charge in [-0.2, -0.15) is 10.2 Å². The summed E-state index contributed by atoms with van der Waals surface area (Å²) in [6.07, 6.45) is 5.62. The second-order valence-electron chi connectivity index (χ2n) is 7.26. The Morgan fingerprint density at radius 1 is 0.696 bits per heavy atom. The van der Waals surface area contributed by atoms with Crippen molar-refractivity contribution in [1.29, 1.82) is 0 Å². The zero-order valence-electron chi connectivity index (χ0n) is 11.7. The van der Waals surface area contributed by atoms with Crippen molar-refractivity contribution >= 4 is 0 Å². The van der Waals surface area contributed by atoms with Crippen molar-refractivity contribution in [1.82, 2.24) is 0 Å². The van der Waals surface area contributed by atoms with Crippen LogP contribution in [-0.2, 0) is 0 Å². The molecule has 11 aliphatic carbocycles. The summed E-state index contributed by atoms with van der Waals surface area (Å²) < 4.78 is 0. The van der Waals surface area contributed by atoms with E-state index in [-0.39, 0.29) is 37.1 Å². The van der Waals surface area contributed by atoms with Gasteiger partial charge in [0.15, 0.2) is 0 Å². The average Bonchev–Trinajstić information content (AvgIpc) is 3.12. The fraction of sp³-hybridized carbons (Fsp3) is 0.905. The van der Waals surface area contributed by atoms with Gasteiger partial charge in [-0.15, -0.1) is 0 Å². The highest BCUT2D eigenvalue weighted by Crippen LogP contribution is 3.65. The van der Waals surface area contributed by atoms with Crippen molar-refractivity contribution in [2.24, 2.45) is 62.0 Å². The van der Waals surface area contributed by atoms with Crippen LogP contribution in [0.3, 0.4) is 0 Å². The molecule has 2 heteroatoms. The quantitative estimate of drug-likeness (QED) is 0.355. The van der Waals surface area contributed by atoms with Gasteiger partial charge in [-0.25, -0.2) is 0 Å². The SMILES string of the molecule is C.C.C.C.C.C12C34C5C13C254.C1C2C3C1C23.CC=CC.CN=NC. The number of nitrogens with zero attached hydrogens (tertiary/aromatic N) is 2. The van der Waals surface area contributed by atoms with Gasteiger partial charge in [-0.05, 0) is 72.0 Å². The van der Waals surface area contributed by atoms with Crippen LogP contribution in [0.1, 0.15) is 57.4 Å². The molecule has 0 saturated heterocycles. The molecule has 0 aromatic rings. The second kappa shape index (κ2) is 5.43. The Labute approximate surface area is 146 Å². The molecular formula is C21H42N2. The molecule has 0 atom stereocenters. The number of hydrogen-bond donors (Lipinski definition) is 0. The summed E-state index contributed by atoms with van der Waals surface area (Å²) in [4.78, 5) is 0. The van der Waals surface area contributed by atoms with Gasteiger partial charge in [0.2, 0.25) is 0 Å².